The highest BCUT2D eigenvalue weighted by molar-refractivity contribution is 5.94. The molecule has 2 rings (SSSR count). The summed E-state index contributed by atoms with van der Waals surface area (Å²) in [7, 11) is 0. The lowest BCUT2D eigenvalue weighted by Crippen LogP contribution is -2.48. The van der Waals surface area contributed by atoms with E-state index >= 15 is 0 Å². The molecule has 174 valence electrons. The third-order valence-electron chi connectivity index (χ3n) is 5.07. The first kappa shape index (κ1) is 25.1. The highest BCUT2D eigenvalue weighted by Gasteiger charge is 2.26. The molecule has 1 aromatic carbocycles. The number of nitrogens with one attached hydrogen (secondary N) is 2. The van der Waals surface area contributed by atoms with E-state index in [9.17, 15) is 4.79 Å². The van der Waals surface area contributed by atoms with E-state index in [1.807, 2.05) is 43.0 Å². The molecular weight excluding hydrogens is 392 g/mol. The third kappa shape index (κ3) is 9.27. The number of amides is 1. The Hall–Kier alpha value is -2.12. The second-order valence-corrected chi connectivity index (χ2v) is 8.11. The number of morpholine rings is 1. The Morgan fingerprint density at radius 1 is 1.10 bits per heavy atom. The minimum atomic E-state index is 0.0632. The molecule has 1 aliphatic rings. The summed E-state index contributed by atoms with van der Waals surface area (Å²) in [6.07, 6.45) is 3.37. The Kier molecular flexibility index (Phi) is 11.4. The van der Waals surface area contributed by atoms with Crippen LogP contribution in [0, 0.1) is 0 Å². The van der Waals surface area contributed by atoms with E-state index in [-0.39, 0.29) is 18.1 Å². The van der Waals surface area contributed by atoms with E-state index in [4.69, 9.17) is 9.47 Å². The zero-order valence-electron chi connectivity index (χ0n) is 19.7. The van der Waals surface area contributed by atoms with Gasteiger partial charge >= 0.3 is 0 Å². The fourth-order valence-electron chi connectivity index (χ4n) is 3.52. The Balaban J connectivity index is 1.82. The van der Waals surface area contributed by atoms with Gasteiger partial charge < -0.3 is 25.0 Å². The van der Waals surface area contributed by atoms with Gasteiger partial charge in [-0.05, 0) is 51.3 Å². The van der Waals surface area contributed by atoms with Crippen molar-refractivity contribution < 1.29 is 14.3 Å². The Bertz CT molecular complexity index is 668. The molecule has 0 radical (unpaired) electrons. The first-order valence-corrected chi connectivity index (χ1v) is 11.7. The van der Waals surface area contributed by atoms with Crippen molar-refractivity contribution in [3.8, 4) is 0 Å². The summed E-state index contributed by atoms with van der Waals surface area (Å²) in [6.45, 7) is 13.3. The van der Waals surface area contributed by atoms with Gasteiger partial charge in [0.25, 0.3) is 5.91 Å². The van der Waals surface area contributed by atoms with Crippen molar-refractivity contribution in [3.63, 3.8) is 0 Å². The lowest BCUT2D eigenvalue weighted by molar-refractivity contribution is -0.0586. The van der Waals surface area contributed by atoms with Crippen molar-refractivity contribution in [2.75, 3.05) is 39.4 Å². The SMILES string of the molecule is CCCCOCCCNC(=NCc1ccc(C(=O)N2CC(C)OC(C)C2)cc1)NCC. The molecule has 1 heterocycles. The van der Waals surface area contributed by atoms with Crippen LogP contribution in [-0.4, -0.2) is 68.4 Å². The molecule has 7 nitrogen and oxygen atoms in total. The molecule has 1 aliphatic heterocycles. The van der Waals surface area contributed by atoms with Crippen LogP contribution in [0.15, 0.2) is 29.3 Å². The van der Waals surface area contributed by atoms with Crippen LogP contribution in [0.3, 0.4) is 0 Å². The number of guanidine groups is 1. The Morgan fingerprint density at radius 3 is 2.42 bits per heavy atom. The van der Waals surface area contributed by atoms with E-state index in [1.54, 1.807) is 0 Å². The summed E-state index contributed by atoms with van der Waals surface area (Å²) in [5, 5.41) is 6.62. The maximum atomic E-state index is 12.8. The van der Waals surface area contributed by atoms with E-state index in [1.165, 1.54) is 0 Å². The van der Waals surface area contributed by atoms with Crippen LogP contribution in [0.4, 0.5) is 0 Å². The largest absolute Gasteiger partial charge is 0.381 e. The van der Waals surface area contributed by atoms with Gasteiger partial charge in [-0.2, -0.15) is 0 Å². The molecule has 1 amide bonds. The number of benzene rings is 1. The summed E-state index contributed by atoms with van der Waals surface area (Å²) < 4.78 is 11.3. The molecule has 31 heavy (non-hydrogen) atoms. The van der Waals surface area contributed by atoms with Crippen molar-refractivity contribution in [1.82, 2.24) is 15.5 Å². The molecule has 1 aromatic rings. The molecule has 1 fully saturated rings. The number of hydrogen-bond acceptors (Lipinski definition) is 4. The minimum absolute atomic E-state index is 0.0632. The topological polar surface area (TPSA) is 75.2 Å². The standard InChI is InChI=1S/C24H40N4O3/c1-5-7-14-30-15-8-13-26-24(25-6-2)27-16-21-9-11-22(12-10-21)23(29)28-17-19(3)31-20(4)18-28/h9-12,19-20H,5-8,13-18H2,1-4H3,(H2,25,26,27). The summed E-state index contributed by atoms with van der Waals surface area (Å²) in [5.74, 6) is 0.862. The maximum absolute atomic E-state index is 12.8. The maximum Gasteiger partial charge on any atom is 0.254 e. The zero-order valence-corrected chi connectivity index (χ0v) is 19.7. The first-order chi connectivity index (χ1) is 15.0. The summed E-state index contributed by atoms with van der Waals surface area (Å²) in [4.78, 5) is 19.3. The molecule has 2 atom stereocenters. The van der Waals surface area contributed by atoms with E-state index < -0.39 is 0 Å². The van der Waals surface area contributed by atoms with E-state index in [2.05, 4.69) is 29.5 Å². The van der Waals surface area contributed by atoms with Gasteiger partial charge in [0.15, 0.2) is 5.96 Å². The van der Waals surface area contributed by atoms with Gasteiger partial charge in [-0.3, -0.25) is 4.79 Å². The predicted molar refractivity (Wildman–Crippen MR) is 126 cm³/mol. The lowest BCUT2D eigenvalue weighted by atomic mass is 10.1. The van der Waals surface area contributed by atoms with Crippen LogP contribution in [-0.2, 0) is 16.0 Å². The van der Waals surface area contributed by atoms with Crippen molar-refractivity contribution in [2.45, 2.75) is 65.7 Å². The minimum Gasteiger partial charge on any atom is -0.381 e. The molecule has 0 aromatic heterocycles. The number of ether oxygens (including phenoxy) is 2. The number of aliphatic imine (C=N–C) groups is 1. The molecule has 0 spiro atoms. The fraction of sp³-hybridized carbons (Fsp3) is 0.667. The second kappa shape index (κ2) is 14.0. The molecule has 2 N–H and O–H groups in total. The number of nitrogens with zero attached hydrogens (tertiary/aromatic N) is 2. The average molecular weight is 433 g/mol. The van der Waals surface area contributed by atoms with Crippen LogP contribution in [0.25, 0.3) is 0 Å². The van der Waals surface area contributed by atoms with Crippen LogP contribution < -0.4 is 10.6 Å². The second-order valence-electron chi connectivity index (χ2n) is 8.11. The monoisotopic (exact) mass is 432 g/mol. The van der Waals surface area contributed by atoms with Crippen molar-refractivity contribution in [2.24, 2.45) is 4.99 Å². The van der Waals surface area contributed by atoms with Crippen LogP contribution in [0.5, 0.6) is 0 Å². The van der Waals surface area contributed by atoms with Crippen LogP contribution >= 0.6 is 0 Å². The van der Waals surface area contributed by atoms with Crippen LogP contribution in [0.1, 0.15) is 62.9 Å². The molecule has 7 heteroatoms. The van der Waals surface area contributed by atoms with Crippen molar-refractivity contribution in [1.29, 1.82) is 0 Å². The molecule has 2 unspecified atom stereocenters. The molecule has 0 aliphatic carbocycles. The third-order valence-corrected chi connectivity index (χ3v) is 5.07. The van der Waals surface area contributed by atoms with Gasteiger partial charge in [0, 0.05) is 45.0 Å². The molecule has 0 saturated carbocycles. The number of unbranched alkanes of at least 4 members (excludes halogenated alkanes) is 1. The fourth-order valence-corrected chi connectivity index (χ4v) is 3.52. The Labute approximate surface area is 187 Å². The predicted octanol–water partition coefficient (Wildman–Crippen LogP) is 3.20. The smallest absolute Gasteiger partial charge is 0.254 e. The van der Waals surface area contributed by atoms with Gasteiger partial charge in [0.1, 0.15) is 0 Å². The number of carbonyl (C=O) groups is 1. The molecular formula is C24H40N4O3. The average Bonchev–Trinajstić information content (AvgIpc) is 2.76. The van der Waals surface area contributed by atoms with Gasteiger partial charge in [0.05, 0.1) is 18.8 Å². The Morgan fingerprint density at radius 2 is 1.77 bits per heavy atom. The number of rotatable bonds is 11. The molecule has 0 bridgehead atoms. The van der Waals surface area contributed by atoms with Crippen molar-refractivity contribution in [3.05, 3.63) is 35.4 Å². The van der Waals surface area contributed by atoms with Crippen LogP contribution in [0.2, 0.25) is 0 Å². The highest BCUT2D eigenvalue weighted by atomic mass is 16.5. The van der Waals surface area contributed by atoms with E-state index in [0.29, 0.717) is 25.2 Å². The van der Waals surface area contributed by atoms with Gasteiger partial charge in [-0.15, -0.1) is 0 Å². The van der Waals surface area contributed by atoms with Gasteiger partial charge in [-0.25, -0.2) is 4.99 Å². The van der Waals surface area contributed by atoms with Crippen molar-refractivity contribution >= 4 is 11.9 Å². The first-order valence-electron chi connectivity index (χ1n) is 11.7. The summed E-state index contributed by atoms with van der Waals surface area (Å²) >= 11 is 0. The normalized spacial score (nSPS) is 19.4. The van der Waals surface area contributed by atoms with Gasteiger partial charge in [0.2, 0.25) is 0 Å². The van der Waals surface area contributed by atoms with E-state index in [0.717, 1.165) is 57.1 Å². The summed E-state index contributed by atoms with van der Waals surface area (Å²) in [6, 6.07) is 7.75. The quantitative estimate of drug-likeness (QED) is 0.319. The highest BCUT2D eigenvalue weighted by Crippen LogP contribution is 2.15. The summed E-state index contributed by atoms with van der Waals surface area (Å²) in [5.41, 5.74) is 1.78. The number of hydrogen-bond donors (Lipinski definition) is 2. The van der Waals surface area contributed by atoms with Gasteiger partial charge in [-0.1, -0.05) is 25.5 Å². The number of carbonyl (C=O) groups excluding carboxylic acids is 1. The molecule has 1 saturated heterocycles. The zero-order chi connectivity index (χ0) is 22.5. The lowest BCUT2D eigenvalue weighted by Gasteiger charge is -2.35.